The fourth-order valence-electron chi connectivity index (χ4n) is 3.45. The molecule has 1 aliphatic heterocycles. The van der Waals surface area contributed by atoms with E-state index < -0.39 is 32.4 Å². The molecule has 23 heavy (non-hydrogen) atoms. The molecule has 8 heteroatoms. The smallest absolute Gasteiger partial charge is 0.315 e. The van der Waals surface area contributed by atoms with Crippen molar-refractivity contribution in [1.82, 2.24) is 0 Å². The number of hydrogen-bond donors (Lipinski definition) is 1. The van der Waals surface area contributed by atoms with Gasteiger partial charge < -0.3 is 19.9 Å². The van der Waals surface area contributed by atoms with E-state index >= 15 is 0 Å². The van der Waals surface area contributed by atoms with Crippen LogP contribution in [-0.4, -0.2) is 45.8 Å². The Balaban J connectivity index is 2.04. The van der Waals surface area contributed by atoms with E-state index in [1.807, 2.05) is 0 Å². The quantitative estimate of drug-likeness (QED) is 0.774. The molecule has 1 fully saturated rings. The third kappa shape index (κ3) is 2.36. The lowest BCUT2D eigenvalue weighted by atomic mass is 9.99. The predicted octanol–water partition coefficient (Wildman–Crippen LogP) is 0.434. The van der Waals surface area contributed by atoms with Gasteiger partial charge in [0, 0.05) is 18.7 Å². The van der Waals surface area contributed by atoms with Gasteiger partial charge >= 0.3 is 5.97 Å². The monoisotopic (exact) mass is 341 g/mol. The molecule has 0 amide bonds. The molecule has 0 spiro atoms. The Morgan fingerprint density at radius 2 is 2.09 bits per heavy atom. The molecule has 1 heterocycles. The highest BCUT2D eigenvalue weighted by atomic mass is 32.2. The van der Waals surface area contributed by atoms with Crippen molar-refractivity contribution in [2.45, 2.75) is 18.1 Å². The topological polar surface area (TPSA) is 105 Å². The number of fused-ring (bicyclic) bond motifs is 1. The van der Waals surface area contributed by atoms with Gasteiger partial charge in [0.2, 0.25) is 6.79 Å². The Morgan fingerprint density at radius 1 is 1.39 bits per heavy atom. The minimum atomic E-state index is -3.48. The summed E-state index contributed by atoms with van der Waals surface area (Å²) < 4.78 is 40.0. The molecule has 2 aliphatic rings. The van der Waals surface area contributed by atoms with Crippen molar-refractivity contribution >= 4 is 15.8 Å². The Morgan fingerprint density at radius 3 is 2.70 bits per heavy atom. The van der Waals surface area contributed by atoms with Crippen LogP contribution in [0.15, 0.2) is 18.2 Å². The van der Waals surface area contributed by atoms with E-state index in [0.29, 0.717) is 17.1 Å². The molecular formula is C15H19NO6S. The van der Waals surface area contributed by atoms with Gasteiger partial charge in [-0.3, -0.25) is 4.79 Å². The highest BCUT2D eigenvalue weighted by Gasteiger charge is 2.74. The van der Waals surface area contributed by atoms with E-state index in [0.717, 1.165) is 6.26 Å². The van der Waals surface area contributed by atoms with E-state index in [1.54, 1.807) is 25.1 Å². The van der Waals surface area contributed by atoms with Crippen molar-refractivity contribution in [2.75, 3.05) is 26.2 Å². The molecule has 0 saturated heterocycles. The van der Waals surface area contributed by atoms with Gasteiger partial charge in [-0.25, -0.2) is 8.42 Å². The van der Waals surface area contributed by atoms with Crippen molar-refractivity contribution in [1.29, 1.82) is 0 Å². The average Bonchev–Trinajstić information content (AvgIpc) is 3.00. The number of ether oxygens (including phenoxy) is 3. The minimum Gasteiger partial charge on any atom is -0.465 e. The number of sulfone groups is 1. The van der Waals surface area contributed by atoms with Crippen molar-refractivity contribution in [3.8, 4) is 11.5 Å². The van der Waals surface area contributed by atoms with Crippen LogP contribution in [-0.2, 0) is 19.4 Å². The summed E-state index contributed by atoms with van der Waals surface area (Å²) in [4.78, 5) is 12.4. The first kappa shape index (κ1) is 16.1. The maximum atomic E-state index is 12.4. The second-order valence-electron chi connectivity index (χ2n) is 5.81. The van der Waals surface area contributed by atoms with Crippen LogP contribution in [0, 0.1) is 5.41 Å². The van der Waals surface area contributed by atoms with Crippen molar-refractivity contribution < 1.29 is 27.4 Å². The van der Waals surface area contributed by atoms with E-state index in [-0.39, 0.29) is 19.9 Å². The molecule has 0 radical (unpaired) electrons. The summed E-state index contributed by atoms with van der Waals surface area (Å²) in [6.07, 6.45) is 1.12. The number of esters is 1. The lowest BCUT2D eigenvalue weighted by Gasteiger charge is -2.14. The fourth-order valence-corrected chi connectivity index (χ4v) is 5.37. The van der Waals surface area contributed by atoms with Crippen LogP contribution in [0.25, 0.3) is 0 Å². The minimum absolute atomic E-state index is 0.0946. The van der Waals surface area contributed by atoms with Crippen LogP contribution in [0.1, 0.15) is 18.4 Å². The summed E-state index contributed by atoms with van der Waals surface area (Å²) in [5.41, 5.74) is 5.25. The zero-order valence-electron chi connectivity index (χ0n) is 12.9. The summed E-state index contributed by atoms with van der Waals surface area (Å²) in [6, 6.07) is 5.16. The molecule has 126 valence electrons. The van der Waals surface area contributed by atoms with Gasteiger partial charge in [-0.05, 0) is 24.6 Å². The van der Waals surface area contributed by atoms with Gasteiger partial charge in [-0.1, -0.05) is 6.07 Å². The maximum absolute atomic E-state index is 12.4. The number of hydrogen-bond acceptors (Lipinski definition) is 7. The Kier molecular flexibility index (Phi) is 3.76. The predicted molar refractivity (Wildman–Crippen MR) is 82.1 cm³/mol. The maximum Gasteiger partial charge on any atom is 0.315 e. The molecule has 1 aromatic rings. The summed E-state index contributed by atoms with van der Waals surface area (Å²) >= 11 is 0. The van der Waals surface area contributed by atoms with E-state index in [4.69, 9.17) is 19.9 Å². The summed E-state index contributed by atoms with van der Waals surface area (Å²) in [5, 5.41) is -0.889. The lowest BCUT2D eigenvalue weighted by Crippen LogP contribution is -2.33. The van der Waals surface area contributed by atoms with Gasteiger partial charge in [-0.2, -0.15) is 0 Å². The van der Waals surface area contributed by atoms with Crippen LogP contribution >= 0.6 is 0 Å². The highest BCUT2D eigenvalue weighted by molar-refractivity contribution is 7.91. The molecule has 1 aromatic carbocycles. The van der Waals surface area contributed by atoms with Crippen molar-refractivity contribution in [3.63, 3.8) is 0 Å². The largest absolute Gasteiger partial charge is 0.465 e. The number of nitrogens with two attached hydrogens (primary N) is 1. The average molecular weight is 341 g/mol. The van der Waals surface area contributed by atoms with Gasteiger partial charge in [0.05, 0.1) is 11.9 Å². The first-order valence-corrected chi connectivity index (χ1v) is 9.27. The van der Waals surface area contributed by atoms with Gasteiger partial charge in [0.1, 0.15) is 5.41 Å². The molecule has 0 unspecified atom stereocenters. The van der Waals surface area contributed by atoms with Crippen molar-refractivity contribution in [3.05, 3.63) is 23.8 Å². The third-order valence-corrected chi connectivity index (χ3v) is 6.08. The second-order valence-corrected chi connectivity index (χ2v) is 7.97. The fraction of sp³-hybridized carbons (Fsp3) is 0.533. The standard InChI is InChI=1S/C15H19NO6S/c1-3-20-14(17)15(7-16)12(13(15)23(2,18)19)9-4-5-10-11(6-9)22-8-21-10/h4-6,12-13H,3,7-8,16H2,1-2H3/t12-,13-,15+/m0/s1. The van der Waals surface area contributed by atoms with Gasteiger partial charge in [0.25, 0.3) is 0 Å². The zero-order chi connectivity index (χ0) is 16.8. The Labute approximate surface area is 134 Å². The molecular weight excluding hydrogens is 322 g/mol. The summed E-state index contributed by atoms with van der Waals surface area (Å²) in [6.45, 7) is 1.88. The number of carbonyl (C=O) groups excluding carboxylic acids is 1. The van der Waals surface area contributed by atoms with Crippen LogP contribution in [0.2, 0.25) is 0 Å². The van der Waals surface area contributed by atoms with E-state index in [9.17, 15) is 13.2 Å². The van der Waals surface area contributed by atoms with Crippen LogP contribution in [0.5, 0.6) is 11.5 Å². The molecule has 2 N–H and O–H groups in total. The lowest BCUT2D eigenvalue weighted by molar-refractivity contribution is -0.149. The Hall–Kier alpha value is -1.80. The SMILES string of the molecule is CCOC(=O)[C@]1(CN)[C@@H](c2ccc3c(c2)OCO3)[C@@H]1S(C)(=O)=O. The second kappa shape index (κ2) is 5.38. The molecule has 1 aliphatic carbocycles. The van der Waals surface area contributed by atoms with E-state index in [2.05, 4.69) is 0 Å². The van der Waals surface area contributed by atoms with Crippen molar-refractivity contribution in [2.24, 2.45) is 11.1 Å². The Bertz CT molecular complexity index is 746. The van der Waals surface area contributed by atoms with Crippen LogP contribution in [0.3, 0.4) is 0 Å². The first-order chi connectivity index (χ1) is 10.9. The molecule has 1 saturated carbocycles. The van der Waals surface area contributed by atoms with Gasteiger partial charge in [-0.15, -0.1) is 0 Å². The van der Waals surface area contributed by atoms with Crippen LogP contribution < -0.4 is 15.2 Å². The van der Waals surface area contributed by atoms with Crippen LogP contribution in [0.4, 0.5) is 0 Å². The number of benzene rings is 1. The zero-order valence-corrected chi connectivity index (χ0v) is 13.8. The molecule has 3 atom stereocenters. The normalized spacial score (nSPS) is 28.5. The molecule has 7 nitrogen and oxygen atoms in total. The molecule has 0 aromatic heterocycles. The summed E-state index contributed by atoms with van der Waals surface area (Å²) in [7, 11) is -3.48. The van der Waals surface area contributed by atoms with Gasteiger partial charge in [0.15, 0.2) is 21.3 Å². The molecule has 0 bridgehead atoms. The first-order valence-electron chi connectivity index (χ1n) is 7.32. The number of rotatable bonds is 5. The number of carbonyl (C=O) groups is 1. The highest BCUT2D eigenvalue weighted by Crippen LogP contribution is 2.63. The van der Waals surface area contributed by atoms with E-state index in [1.165, 1.54) is 0 Å². The third-order valence-electron chi connectivity index (χ3n) is 4.47. The summed E-state index contributed by atoms with van der Waals surface area (Å²) in [5.74, 6) is 0.0212. The molecule has 3 rings (SSSR count).